The maximum Gasteiger partial charge on any atom is 0.122 e. The number of nitrogens with zero attached hydrogens (tertiary/aromatic N) is 1. The molecule has 0 aliphatic rings. The first kappa shape index (κ1) is 16.0. The maximum atomic E-state index is 10.7. The molecule has 4 nitrogen and oxygen atoms in total. The summed E-state index contributed by atoms with van der Waals surface area (Å²) in [5.41, 5.74) is 0.107. The minimum absolute atomic E-state index is 0.0734. The average Bonchev–Trinajstić information content (AvgIpc) is 2.47. The molecular formula is C16H21NO3. The fraction of sp³-hybridized carbons (Fsp3) is 0.500. The minimum Gasteiger partial charge on any atom is -0.497 e. The second kappa shape index (κ2) is 6.95. The number of hydrogen-bond acceptors (Lipinski definition) is 4. The number of carbonyl (C=O) groups excluding carboxylic acids is 1. The van der Waals surface area contributed by atoms with E-state index in [2.05, 4.69) is 6.07 Å². The van der Waals surface area contributed by atoms with Crippen LogP contribution in [-0.4, -0.2) is 20.5 Å². The van der Waals surface area contributed by atoms with E-state index in [1.54, 1.807) is 20.3 Å². The fourth-order valence-electron chi connectivity index (χ4n) is 2.37. The number of ether oxygens (including phenoxy) is 2. The van der Waals surface area contributed by atoms with Crippen molar-refractivity contribution >= 4 is 6.29 Å². The summed E-state index contributed by atoms with van der Waals surface area (Å²) >= 11 is 0. The predicted molar refractivity (Wildman–Crippen MR) is 77.0 cm³/mol. The molecule has 0 aliphatic heterocycles. The van der Waals surface area contributed by atoms with Crippen molar-refractivity contribution in [1.29, 1.82) is 5.26 Å². The Labute approximate surface area is 120 Å². The zero-order valence-electron chi connectivity index (χ0n) is 12.5. The monoisotopic (exact) mass is 275 g/mol. The number of aldehydes is 1. The van der Waals surface area contributed by atoms with Crippen LogP contribution in [0.2, 0.25) is 0 Å². The first-order valence-electron chi connectivity index (χ1n) is 6.62. The van der Waals surface area contributed by atoms with Gasteiger partial charge in [-0.15, -0.1) is 0 Å². The van der Waals surface area contributed by atoms with Gasteiger partial charge >= 0.3 is 0 Å². The molecule has 0 fully saturated rings. The predicted octanol–water partition coefficient (Wildman–Crippen LogP) is 3.10. The van der Waals surface area contributed by atoms with Crippen LogP contribution < -0.4 is 9.47 Å². The molecular weight excluding hydrogens is 254 g/mol. The molecule has 0 aromatic heterocycles. The van der Waals surface area contributed by atoms with Gasteiger partial charge < -0.3 is 14.3 Å². The SMILES string of the molecule is COc1cc(OC)cc(C(C#N)(CCC=O)C(C)C)c1. The van der Waals surface area contributed by atoms with Crippen LogP contribution in [0.3, 0.4) is 0 Å². The number of hydrogen-bond donors (Lipinski definition) is 0. The van der Waals surface area contributed by atoms with Gasteiger partial charge in [-0.25, -0.2) is 0 Å². The Morgan fingerprint density at radius 2 is 1.80 bits per heavy atom. The van der Waals surface area contributed by atoms with E-state index in [1.807, 2.05) is 26.0 Å². The van der Waals surface area contributed by atoms with Gasteiger partial charge in [0.25, 0.3) is 0 Å². The summed E-state index contributed by atoms with van der Waals surface area (Å²) in [6.45, 7) is 3.97. The summed E-state index contributed by atoms with van der Waals surface area (Å²) in [6, 6.07) is 7.86. The molecule has 1 atom stereocenters. The third-order valence-electron chi connectivity index (χ3n) is 3.71. The topological polar surface area (TPSA) is 59.3 Å². The lowest BCUT2D eigenvalue weighted by atomic mass is 9.70. The Morgan fingerprint density at radius 1 is 1.25 bits per heavy atom. The lowest BCUT2D eigenvalue weighted by Gasteiger charge is -2.31. The van der Waals surface area contributed by atoms with Crippen LogP contribution in [0, 0.1) is 17.2 Å². The van der Waals surface area contributed by atoms with Gasteiger partial charge in [-0.3, -0.25) is 0 Å². The van der Waals surface area contributed by atoms with Crippen LogP contribution in [-0.2, 0) is 10.2 Å². The maximum absolute atomic E-state index is 10.7. The van der Waals surface area contributed by atoms with Crippen molar-refractivity contribution < 1.29 is 14.3 Å². The van der Waals surface area contributed by atoms with E-state index in [-0.39, 0.29) is 5.92 Å². The molecule has 0 spiro atoms. The lowest BCUT2D eigenvalue weighted by Crippen LogP contribution is -2.31. The Morgan fingerprint density at radius 3 is 2.15 bits per heavy atom. The van der Waals surface area contributed by atoms with Crippen molar-refractivity contribution in [3.05, 3.63) is 23.8 Å². The number of benzene rings is 1. The molecule has 108 valence electrons. The van der Waals surface area contributed by atoms with Crippen LogP contribution in [0.15, 0.2) is 18.2 Å². The van der Waals surface area contributed by atoms with E-state index in [4.69, 9.17) is 9.47 Å². The summed E-state index contributed by atoms with van der Waals surface area (Å²) < 4.78 is 10.5. The van der Waals surface area contributed by atoms with Crippen LogP contribution in [0.5, 0.6) is 11.5 Å². The molecule has 0 saturated carbocycles. The molecule has 4 heteroatoms. The van der Waals surface area contributed by atoms with Gasteiger partial charge in [-0.2, -0.15) is 5.26 Å². The van der Waals surface area contributed by atoms with Crippen LogP contribution >= 0.6 is 0 Å². The Balaban J connectivity index is 3.39. The highest BCUT2D eigenvalue weighted by atomic mass is 16.5. The van der Waals surface area contributed by atoms with E-state index in [0.29, 0.717) is 24.3 Å². The lowest BCUT2D eigenvalue weighted by molar-refractivity contribution is -0.108. The molecule has 1 aromatic rings. The van der Waals surface area contributed by atoms with E-state index >= 15 is 0 Å². The summed E-state index contributed by atoms with van der Waals surface area (Å²) in [6.07, 6.45) is 1.69. The van der Waals surface area contributed by atoms with Crippen LogP contribution in [0.25, 0.3) is 0 Å². The van der Waals surface area contributed by atoms with Crippen molar-refractivity contribution in [3.8, 4) is 17.6 Å². The highest BCUT2D eigenvalue weighted by Gasteiger charge is 2.36. The molecule has 0 bridgehead atoms. The molecule has 0 amide bonds. The van der Waals surface area contributed by atoms with E-state index < -0.39 is 5.41 Å². The third-order valence-corrected chi connectivity index (χ3v) is 3.71. The molecule has 0 radical (unpaired) electrons. The molecule has 0 aliphatic carbocycles. The Hall–Kier alpha value is -2.02. The summed E-state index contributed by atoms with van der Waals surface area (Å²) in [4.78, 5) is 10.7. The van der Waals surface area contributed by atoms with Gasteiger partial charge in [-0.05, 0) is 30.0 Å². The summed E-state index contributed by atoms with van der Waals surface area (Å²) in [5, 5.41) is 9.71. The third kappa shape index (κ3) is 3.11. The van der Waals surface area contributed by atoms with Crippen molar-refractivity contribution in [2.75, 3.05) is 14.2 Å². The zero-order chi connectivity index (χ0) is 15.2. The first-order valence-corrected chi connectivity index (χ1v) is 6.62. The number of carbonyl (C=O) groups is 1. The Bertz CT molecular complexity index is 483. The van der Waals surface area contributed by atoms with Gasteiger partial charge in [0.05, 0.1) is 25.7 Å². The second-order valence-corrected chi connectivity index (χ2v) is 5.04. The highest BCUT2D eigenvalue weighted by Crippen LogP contribution is 2.39. The smallest absolute Gasteiger partial charge is 0.122 e. The highest BCUT2D eigenvalue weighted by molar-refractivity contribution is 5.51. The molecule has 20 heavy (non-hydrogen) atoms. The quantitative estimate of drug-likeness (QED) is 0.717. The molecule has 1 rings (SSSR count). The summed E-state index contributed by atoms with van der Waals surface area (Å²) in [5.74, 6) is 1.36. The number of nitriles is 1. The zero-order valence-corrected chi connectivity index (χ0v) is 12.5. The fourth-order valence-corrected chi connectivity index (χ4v) is 2.37. The van der Waals surface area contributed by atoms with Gasteiger partial charge in [0.15, 0.2) is 0 Å². The van der Waals surface area contributed by atoms with E-state index in [0.717, 1.165) is 11.8 Å². The van der Waals surface area contributed by atoms with Gasteiger partial charge in [0.2, 0.25) is 0 Å². The van der Waals surface area contributed by atoms with Crippen molar-refractivity contribution in [2.45, 2.75) is 32.1 Å². The first-order chi connectivity index (χ1) is 9.53. The van der Waals surface area contributed by atoms with Crippen molar-refractivity contribution in [3.63, 3.8) is 0 Å². The molecule has 1 aromatic carbocycles. The average molecular weight is 275 g/mol. The standard InChI is InChI=1S/C16H21NO3/c1-12(2)16(11-17,6-5-7-18)13-8-14(19-3)10-15(9-13)20-4/h7-10,12H,5-6H2,1-4H3. The summed E-state index contributed by atoms with van der Waals surface area (Å²) in [7, 11) is 3.15. The molecule has 0 N–H and O–H groups in total. The number of methoxy groups -OCH3 is 2. The van der Waals surface area contributed by atoms with E-state index in [1.165, 1.54) is 0 Å². The van der Waals surface area contributed by atoms with Gasteiger partial charge in [0.1, 0.15) is 17.8 Å². The van der Waals surface area contributed by atoms with E-state index in [9.17, 15) is 10.1 Å². The van der Waals surface area contributed by atoms with Crippen LogP contribution in [0.4, 0.5) is 0 Å². The molecule has 1 unspecified atom stereocenters. The second-order valence-electron chi connectivity index (χ2n) is 5.04. The van der Waals surface area contributed by atoms with Crippen LogP contribution in [0.1, 0.15) is 32.3 Å². The molecule has 0 heterocycles. The van der Waals surface area contributed by atoms with Crippen molar-refractivity contribution in [2.24, 2.45) is 5.92 Å². The number of rotatable bonds is 7. The molecule has 0 saturated heterocycles. The van der Waals surface area contributed by atoms with Gasteiger partial charge in [-0.1, -0.05) is 13.8 Å². The van der Waals surface area contributed by atoms with Crippen molar-refractivity contribution in [1.82, 2.24) is 0 Å². The largest absolute Gasteiger partial charge is 0.497 e. The normalized spacial score (nSPS) is 13.4. The Kier molecular flexibility index (Phi) is 5.57. The van der Waals surface area contributed by atoms with Gasteiger partial charge in [0, 0.05) is 12.5 Å². The minimum atomic E-state index is -0.720.